The van der Waals surface area contributed by atoms with Crippen molar-refractivity contribution in [2.24, 2.45) is 10.2 Å². The second-order valence-corrected chi connectivity index (χ2v) is 7.47. The molecule has 0 bridgehead atoms. The molecule has 3 heteroatoms. The van der Waals surface area contributed by atoms with Crippen LogP contribution in [-0.4, -0.2) is 10.4 Å². The van der Waals surface area contributed by atoms with Crippen LogP contribution in [0.1, 0.15) is 22.9 Å². The van der Waals surface area contributed by atoms with Crippen molar-refractivity contribution in [1.82, 2.24) is 0 Å². The Morgan fingerprint density at radius 2 is 1.17 bits per heavy atom. The second kappa shape index (κ2) is 7.88. The fraction of sp³-hybridized carbons (Fsp3) is 0.0741. The quantitative estimate of drug-likeness (QED) is 0.340. The first-order chi connectivity index (χ1) is 14.8. The van der Waals surface area contributed by atoms with Crippen molar-refractivity contribution < 1.29 is 4.58 Å². The molecular weight excluding hydrogens is 366 g/mol. The summed E-state index contributed by atoms with van der Waals surface area (Å²) in [6.07, 6.45) is -0.170. The molecule has 0 aliphatic carbocycles. The summed E-state index contributed by atoms with van der Waals surface area (Å²) in [7, 11) is 0. The van der Waals surface area contributed by atoms with E-state index in [-0.39, 0.29) is 6.17 Å². The minimum Gasteiger partial charge on any atom is -0.191 e. The van der Waals surface area contributed by atoms with Gasteiger partial charge in [-0.05, 0) is 47.4 Å². The number of benzene rings is 4. The van der Waals surface area contributed by atoms with E-state index in [0.29, 0.717) is 0 Å². The summed E-state index contributed by atoms with van der Waals surface area (Å²) in [5.41, 5.74) is 6.90. The van der Waals surface area contributed by atoms with Gasteiger partial charge in [-0.15, -0.1) is 0 Å². The fourth-order valence-corrected chi connectivity index (χ4v) is 3.77. The zero-order chi connectivity index (χ0) is 20.3. The van der Waals surface area contributed by atoms with Gasteiger partial charge < -0.3 is 0 Å². The molecule has 4 aromatic rings. The van der Waals surface area contributed by atoms with Gasteiger partial charge in [-0.1, -0.05) is 90.5 Å². The molecule has 1 unspecified atom stereocenters. The van der Waals surface area contributed by atoms with Gasteiger partial charge in [-0.2, -0.15) is 4.58 Å². The van der Waals surface area contributed by atoms with E-state index in [0.717, 1.165) is 22.6 Å². The van der Waals surface area contributed by atoms with E-state index >= 15 is 0 Å². The SMILES string of the molecule is Cc1ccc(C2N=NC(c3ccc(-c4ccccc4)cc3)=[N+]2c2ccccc2)cc1. The third kappa shape index (κ3) is 3.46. The summed E-state index contributed by atoms with van der Waals surface area (Å²) in [5.74, 6) is 0.867. The Kier molecular flexibility index (Phi) is 4.78. The largest absolute Gasteiger partial charge is 0.360 e. The highest BCUT2D eigenvalue weighted by Crippen LogP contribution is 2.32. The molecule has 4 aromatic carbocycles. The molecule has 1 atom stereocenters. The van der Waals surface area contributed by atoms with Crippen LogP contribution in [0.15, 0.2) is 119 Å². The molecule has 0 aromatic heterocycles. The molecule has 0 amide bonds. The number of para-hydroxylation sites is 1. The average molecular weight is 388 g/mol. The molecule has 1 aliphatic heterocycles. The zero-order valence-electron chi connectivity index (χ0n) is 16.8. The van der Waals surface area contributed by atoms with Crippen molar-refractivity contribution in [3.63, 3.8) is 0 Å². The molecule has 0 saturated carbocycles. The molecule has 0 N–H and O–H groups in total. The Labute approximate surface area is 176 Å². The Morgan fingerprint density at radius 3 is 1.83 bits per heavy atom. The maximum absolute atomic E-state index is 4.65. The lowest BCUT2D eigenvalue weighted by atomic mass is 10.0. The van der Waals surface area contributed by atoms with Crippen LogP contribution in [0.3, 0.4) is 0 Å². The van der Waals surface area contributed by atoms with Crippen molar-refractivity contribution in [1.29, 1.82) is 0 Å². The highest BCUT2D eigenvalue weighted by Gasteiger charge is 2.35. The van der Waals surface area contributed by atoms with Gasteiger partial charge in [0.1, 0.15) is 5.69 Å². The Bertz CT molecular complexity index is 1210. The topological polar surface area (TPSA) is 27.7 Å². The zero-order valence-corrected chi connectivity index (χ0v) is 16.8. The third-order valence-electron chi connectivity index (χ3n) is 5.39. The number of rotatable bonds is 4. The summed E-state index contributed by atoms with van der Waals surface area (Å²) in [4.78, 5) is 0. The van der Waals surface area contributed by atoms with Gasteiger partial charge in [0, 0.05) is 5.56 Å². The first-order valence-electron chi connectivity index (χ1n) is 10.1. The monoisotopic (exact) mass is 388 g/mol. The highest BCUT2D eigenvalue weighted by molar-refractivity contribution is 5.97. The molecule has 0 spiro atoms. The van der Waals surface area contributed by atoms with Crippen molar-refractivity contribution in [2.45, 2.75) is 13.1 Å². The van der Waals surface area contributed by atoms with E-state index in [9.17, 15) is 0 Å². The van der Waals surface area contributed by atoms with Crippen LogP contribution in [-0.2, 0) is 0 Å². The average Bonchev–Trinajstić information content (AvgIpc) is 3.26. The summed E-state index contributed by atoms with van der Waals surface area (Å²) in [6.45, 7) is 2.10. The molecule has 0 fully saturated rings. The van der Waals surface area contributed by atoms with Crippen LogP contribution in [0, 0.1) is 6.92 Å². The van der Waals surface area contributed by atoms with Gasteiger partial charge in [0.15, 0.2) is 0 Å². The van der Waals surface area contributed by atoms with E-state index in [4.69, 9.17) is 0 Å². The van der Waals surface area contributed by atoms with E-state index in [1.54, 1.807) is 0 Å². The van der Waals surface area contributed by atoms with Crippen molar-refractivity contribution in [3.05, 3.63) is 126 Å². The third-order valence-corrected chi connectivity index (χ3v) is 5.39. The van der Waals surface area contributed by atoms with E-state index in [1.807, 2.05) is 12.1 Å². The Hall–Kier alpha value is -3.85. The molecule has 1 aliphatic rings. The van der Waals surface area contributed by atoms with Gasteiger partial charge in [0.2, 0.25) is 0 Å². The standard InChI is InChI=1S/C27H22N3/c1-20-12-14-23(15-13-20)26-28-29-27(30(26)25-10-6-3-7-11-25)24-18-16-22(17-19-24)21-8-4-2-5-9-21/h2-19,26H,1H3/q+1. The number of hydrogen-bond donors (Lipinski definition) is 0. The normalized spacial score (nSPS) is 15.6. The van der Waals surface area contributed by atoms with Crippen LogP contribution in [0.2, 0.25) is 0 Å². The van der Waals surface area contributed by atoms with Crippen LogP contribution in [0.4, 0.5) is 5.69 Å². The van der Waals surface area contributed by atoms with Crippen molar-refractivity contribution in [2.75, 3.05) is 0 Å². The minimum absolute atomic E-state index is 0.170. The summed E-state index contributed by atoms with van der Waals surface area (Å²) in [5, 5.41) is 9.26. The minimum atomic E-state index is -0.170. The smallest absolute Gasteiger partial charge is 0.191 e. The summed E-state index contributed by atoms with van der Waals surface area (Å²) in [6, 6.07) is 37.8. The van der Waals surface area contributed by atoms with Crippen LogP contribution in [0.5, 0.6) is 0 Å². The van der Waals surface area contributed by atoms with E-state index in [2.05, 4.69) is 119 Å². The van der Waals surface area contributed by atoms with Gasteiger partial charge >= 0.3 is 5.84 Å². The lowest BCUT2D eigenvalue weighted by Gasteiger charge is -2.11. The van der Waals surface area contributed by atoms with Crippen molar-refractivity contribution >= 4 is 11.5 Å². The lowest BCUT2D eigenvalue weighted by Crippen LogP contribution is -2.16. The van der Waals surface area contributed by atoms with Crippen LogP contribution >= 0.6 is 0 Å². The number of azo groups is 1. The number of hydrogen-bond acceptors (Lipinski definition) is 2. The Morgan fingerprint density at radius 1 is 0.600 bits per heavy atom. The molecular formula is C27H22N3+. The molecule has 0 saturated heterocycles. The predicted octanol–water partition coefficient (Wildman–Crippen LogP) is 6.92. The van der Waals surface area contributed by atoms with Gasteiger partial charge in [-0.3, -0.25) is 0 Å². The van der Waals surface area contributed by atoms with Gasteiger partial charge in [-0.25, -0.2) is 0 Å². The predicted molar refractivity (Wildman–Crippen MR) is 121 cm³/mol. The molecule has 0 radical (unpaired) electrons. The molecule has 30 heavy (non-hydrogen) atoms. The molecule has 5 rings (SSSR count). The maximum Gasteiger partial charge on any atom is 0.360 e. The summed E-state index contributed by atoms with van der Waals surface area (Å²) < 4.78 is 2.21. The molecule has 3 nitrogen and oxygen atoms in total. The maximum atomic E-state index is 4.65. The first kappa shape index (κ1) is 18.2. The number of aryl methyl sites for hydroxylation is 1. The highest BCUT2D eigenvalue weighted by atomic mass is 15.4. The first-order valence-corrected chi connectivity index (χ1v) is 10.1. The number of amidine groups is 1. The molecule has 144 valence electrons. The van der Waals surface area contributed by atoms with Crippen LogP contribution in [0.25, 0.3) is 11.1 Å². The molecule has 1 heterocycles. The van der Waals surface area contributed by atoms with Gasteiger partial charge in [0.05, 0.1) is 10.7 Å². The van der Waals surface area contributed by atoms with Crippen molar-refractivity contribution in [3.8, 4) is 11.1 Å². The van der Waals surface area contributed by atoms with E-state index < -0.39 is 0 Å². The fourth-order valence-electron chi connectivity index (χ4n) is 3.77. The van der Waals surface area contributed by atoms with Crippen LogP contribution < -0.4 is 0 Å². The van der Waals surface area contributed by atoms with Gasteiger partial charge in [0.25, 0.3) is 6.17 Å². The lowest BCUT2D eigenvalue weighted by molar-refractivity contribution is -0.483. The Balaban J connectivity index is 1.59. The number of nitrogens with zero attached hydrogens (tertiary/aromatic N) is 3. The summed E-state index contributed by atoms with van der Waals surface area (Å²) >= 11 is 0. The van der Waals surface area contributed by atoms with E-state index in [1.165, 1.54) is 16.7 Å². The second-order valence-electron chi connectivity index (χ2n) is 7.47.